The molecule has 3 rings (SSSR count). The van der Waals surface area contributed by atoms with Crippen LogP contribution in [0.15, 0.2) is 59.6 Å². The first-order valence-electron chi connectivity index (χ1n) is 9.69. The average molecular weight is 394 g/mol. The van der Waals surface area contributed by atoms with Gasteiger partial charge in [0, 0.05) is 28.4 Å². The van der Waals surface area contributed by atoms with Gasteiger partial charge < -0.3 is 4.90 Å². The Labute approximate surface area is 171 Å². The number of aromatic nitrogens is 2. The van der Waals surface area contributed by atoms with Crippen molar-refractivity contribution in [1.82, 2.24) is 15.1 Å². The van der Waals surface area contributed by atoms with E-state index in [2.05, 4.69) is 50.0 Å². The van der Waals surface area contributed by atoms with Gasteiger partial charge in [-0.2, -0.15) is 0 Å². The Morgan fingerprint density at radius 3 is 2.00 bits per heavy atom. The molecular weight excluding hydrogens is 366 g/mol. The van der Waals surface area contributed by atoms with E-state index in [-0.39, 0.29) is 23.2 Å². The number of rotatable bonds is 6. The van der Waals surface area contributed by atoms with E-state index < -0.39 is 0 Å². The molecule has 5 heteroatoms. The molecule has 0 unspecified atom stereocenters. The van der Waals surface area contributed by atoms with Gasteiger partial charge >= 0.3 is 0 Å². The molecule has 0 bridgehead atoms. The van der Waals surface area contributed by atoms with Crippen LogP contribution in [-0.4, -0.2) is 38.3 Å². The second-order valence-electron chi connectivity index (χ2n) is 7.46. The lowest BCUT2D eigenvalue weighted by Gasteiger charge is -2.32. The smallest absolute Gasteiger partial charge is 0.236 e. The first-order valence-corrected chi connectivity index (χ1v) is 10.6. The van der Waals surface area contributed by atoms with Crippen LogP contribution < -0.4 is 0 Å². The molecule has 2 aromatic carbocycles. The van der Waals surface area contributed by atoms with Crippen LogP contribution in [0.4, 0.5) is 0 Å². The predicted molar refractivity (Wildman–Crippen MR) is 117 cm³/mol. The van der Waals surface area contributed by atoms with Crippen LogP contribution in [0.3, 0.4) is 0 Å². The molecule has 0 fully saturated rings. The van der Waals surface area contributed by atoms with Gasteiger partial charge in [0.1, 0.15) is 10.7 Å². The van der Waals surface area contributed by atoms with Crippen LogP contribution in [0.5, 0.6) is 0 Å². The molecule has 1 heterocycles. The van der Waals surface area contributed by atoms with Gasteiger partial charge in [-0.25, -0.2) is 0 Å². The third kappa shape index (κ3) is 4.20. The van der Waals surface area contributed by atoms with Gasteiger partial charge in [0.25, 0.3) is 0 Å². The van der Waals surface area contributed by atoms with Crippen LogP contribution in [0.25, 0.3) is 22.0 Å². The molecule has 0 spiro atoms. The number of amides is 1. The van der Waals surface area contributed by atoms with E-state index >= 15 is 0 Å². The van der Waals surface area contributed by atoms with Crippen LogP contribution in [0.2, 0.25) is 0 Å². The lowest BCUT2D eigenvalue weighted by Crippen LogP contribution is -2.45. The molecule has 0 N–H and O–H groups in total. The van der Waals surface area contributed by atoms with Crippen LogP contribution in [-0.2, 0) is 4.79 Å². The summed E-state index contributed by atoms with van der Waals surface area (Å²) in [6.45, 7) is 10.2. The van der Waals surface area contributed by atoms with Crippen molar-refractivity contribution in [3.63, 3.8) is 0 Å². The van der Waals surface area contributed by atoms with Gasteiger partial charge in [0.05, 0.1) is 5.25 Å². The summed E-state index contributed by atoms with van der Waals surface area (Å²) in [5, 5.41) is 11.6. The lowest BCUT2D eigenvalue weighted by molar-refractivity contribution is -0.133. The normalized spacial score (nSPS) is 12.5. The number of nitrogens with zero attached hydrogens (tertiary/aromatic N) is 3. The first-order chi connectivity index (χ1) is 13.4. The summed E-state index contributed by atoms with van der Waals surface area (Å²) in [5.74, 6) is 0.132. The van der Waals surface area contributed by atoms with Gasteiger partial charge in [-0.3, -0.25) is 4.79 Å². The molecule has 1 amide bonds. The van der Waals surface area contributed by atoms with E-state index in [4.69, 9.17) is 0 Å². The summed E-state index contributed by atoms with van der Waals surface area (Å²) in [6, 6.07) is 18.5. The number of benzene rings is 2. The predicted octanol–water partition coefficient (Wildman–Crippen LogP) is 5.42. The van der Waals surface area contributed by atoms with Gasteiger partial charge in [-0.15, -0.1) is 10.2 Å². The number of hydrogen-bond acceptors (Lipinski definition) is 4. The highest BCUT2D eigenvalue weighted by molar-refractivity contribution is 8.00. The van der Waals surface area contributed by atoms with Crippen molar-refractivity contribution in [3.05, 3.63) is 54.6 Å². The van der Waals surface area contributed by atoms with E-state index in [0.29, 0.717) is 0 Å². The number of carbonyl (C=O) groups excluding carboxylic acids is 1. The van der Waals surface area contributed by atoms with E-state index in [1.165, 1.54) is 11.8 Å². The Balaban J connectivity index is 1.96. The molecule has 146 valence electrons. The largest absolute Gasteiger partial charge is 0.337 e. The lowest BCUT2D eigenvalue weighted by atomic mass is 10.1. The van der Waals surface area contributed by atoms with Crippen molar-refractivity contribution in [3.8, 4) is 11.3 Å². The summed E-state index contributed by atoms with van der Waals surface area (Å²) in [6.07, 6.45) is 0. The van der Waals surface area contributed by atoms with Crippen molar-refractivity contribution in [2.75, 3.05) is 0 Å². The number of carbonyl (C=O) groups is 1. The van der Waals surface area contributed by atoms with Crippen molar-refractivity contribution >= 4 is 28.4 Å². The molecule has 0 aliphatic rings. The van der Waals surface area contributed by atoms with E-state index in [1.807, 2.05) is 54.3 Å². The van der Waals surface area contributed by atoms with Gasteiger partial charge in [0.15, 0.2) is 0 Å². The summed E-state index contributed by atoms with van der Waals surface area (Å²) in [7, 11) is 0. The topological polar surface area (TPSA) is 46.1 Å². The number of hydrogen-bond donors (Lipinski definition) is 0. The fourth-order valence-corrected chi connectivity index (χ4v) is 4.46. The Bertz CT molecular complexity index is 948. The zero-order chi connectivity index (χ0) is 20.3. The van der Waals surface area contributed by atoms with E-state index in [1.54, 1.807) is 0 Å². The van der Waals surface area contributed by atoms with E-state index in [9.17, 15) is 4.79 Å². The SMILES string of the molecule is CC(C)N(C(=O)[C@@H](C)Sc1nnc(-c2ccccc2)c2ccccc12)C(C)C. The molecule has 0 saturated carbocycles. The molecule has 4 nitrogen and oxygen atoms in total. The first kappa shape index (κ1) is 20.3. The third-order valence-electron chi connectivity index (χ3n) is 4.70. The quantitative estimate of drug-likeness (QED) is 0.524. The number of thioether (sulfide) groups is 1. The fourth-order valence-electron chi connectivity index (χ4n) is 3.51. The molecule has 0 radical (unpaired) electrons. The van der Waals surface area contributed by atoms with Gasteiger partial charge in [-0.1, -0.05) is 66.4 Å². The van der Waals surface area contributed by atoms with Crippen LogP contribution in [0.1, 0.15) is 34.6 Å². The molecule has 1 aromatic heterocycles. The highest BCUT2D eigenvalue weighted by Crippen LogP contribution is 2.34. The van der Waals surface area contributed by atoms with Crippen molar-refractivity contribution < 1.29 is 4.79 Å². The maximum Gasteiger partial charge on any atom is 0.236 e. The average Bonchev–Trinajstić information content (AvgIpc) is 2.68. The number of fused-ring (bicyclic) bond motifs is 1. The van der Waals surface area contributed by atoms with Gasteiger partial charge in [0.2, 0.25) is 5.91 Å². The van der Waals surface area contributed by atoms with Crippen LogP contribution in [0, 0.1) is 0 Å². The maximum atomic E-state index is 13.0. The highest BCUT2D eigenvalue weighted by Gasteiger charge is 2.27. The van der Waals surface area contributed by atoms with Crippen molar-refractivity contribution in [2.24, 2.45) is 0 Å². The third-order valence-corrected chi connectivity index (χ3v) is 5.78. The minimum atomic E-state index is -0.231. The summed E-state index contributed by atoms with van der Waals surface area (Å²) in [5.41, 5.74) is 1.91. The Kier molecular flexibility index (Phi) is 6.35. The zero-order valence-corrected chi connectivity index (χ0v) is 17.9. The standard InChI is InChI=1S/C23H27N3OS/c1-15(2)26(16(3)4)23(27)17(5)28-22-20-14-10-9-13-19(20)21(24-25-22)18-11-7-6-8-12-18/h6-17H,1-5H3/t17-/m1/s1. The molecular formula is C23H27N3OS. The Hall–Kier alpha value is -2.40. The Morgan fingerprint density at radius 2 is 1.39 bits per heavy atom. The van der Waals surface area contributed by atoms with Crippen molar-refractivity contribution in [2.45, 2.75) is 57.0 Å². The fraction of sp³-hybridized carbons (Fsp3) is 0.348. The van der Waals surface area contributed by atoms with E-state index in [0.717, 1.165) is 27.1 Å². The minimum Gasteiger partial charge on any atom is -0.337 e. The molecule has 0 saturated heterocycles. The summed E-state index contributed by atoms with van der Waals surface area (Å²) >= 11 is 1.48. The van der Waals surface area contributed by atoms with Gasteiger partial charge in [-0.05, 0) is 34.6 Å². The molecule has 1 atom stereocenters. The second-order valence-corrected chi connectivity index (χ2v) is 8.79. The minimum absolute atomic E-state index is 0.132. The second kappa shape index (κ2) is 8.74. The molecule has 28 heavy (non-hydrogen) atoms. The maximum absolute atomic E-state index is 13.0. The van der Waals surface area contributed by atoms with Crippen LogP contribution >= 0.6 is 11.8 Å². The molecule has 0 aliphatic heterocycles. The summed E-state index contributed by atoms with van der Waals surface area (Å²) in [4.78, 5) is 14.9. The Morgan fingerprint density at radius 1 is 0.821 bits per heavy atom. The highest BCUT2D eigenvalue weighted by atomic mass is 32.2. The molecule has 3 aromatic rings. The summed E-state index contributed by atoms with van der Waals surface area (Å²) < 4.78 is 0. The monoisotopic (exact) mass is 393 g/mol. The van der Waals surface area contributed by atoms with Crippen molar-refractivity contribution in [1.29, 1.82) is 0 Å². The zero-order valence-electron chi connectivity index (χ0n) is 17.1. The molecule has 0 aliphatic carbocycles.